The number of hydrogen-bond donors (Lipinski definition) is 1. The third kappa shape index (κ3) is 5.01. The first kappa shape index (κ1) is 24.1. The summed E-state index contributed by atoms with van der Waals surface area (Å²) < 4.78 is 0. The molecule has 6 rings (SSSR count). The van der Waals surface area contributed by atoms with Crippen LogP contribution in [0.1, 0.15) is 101 Å². The van der Waals surface area contributed by atoms with E-state index in [-0.39, 0.29) is 0 Å². The maximum atomic E-state index is 4.08. The van der Waals surface area contributed by atoms with Crippen LogP contribution in [0, 0.1) is 35.5 Å². The van der Waals surface area contributed by atoms with E-state index in [0.717, 1.165) is 41.4 Å². The Morgan fingerprint density at radius 2 is 1.68 bits per heavy atom. The molecule has 0 spiro atoms. The van der Waals surface area contributed by atoms with Gasteiger partial charge in [0.05, 0.1) is 0 Å². The van der Waals surface area contributed by atoms with Crippen LogP contribution < -0.4 is 5.32 Å². The summed E-state index contributed by atoms with van der Waals surface area (Å²) in [5.74, 6) is 6.43. The lowest BCUT2D eigenvalue weighted by atomic mass is 9.64. The van der Waals surface area contributed by atoms with Gasteiger partial charge in [-0.3, -0.25) is 0 Å². The second-order valence-electron chi connectivity index (χ2n) is 12.0. The molecule has 1 saturated heterocycles. The van der Waals surface area contributed by atoms with Crippen LogP contribution in [0.5, 0.6) is 0 Å². The molecule has 5 aliphatic rings. The van der Waals surface area contributed by atoms with Crippen molar-refractivity contribution in [3.63, 3.8) is 0 Å². The number of allylic oxidation sites excluding steroid dienone is 3. The average Bonchev–Trinajstić information content (AvgIpc) is 3.18. The first-order valence-corrected chi connectivity index (χ1v) is 14.5. The predicted molar refractivity (Wildman–Crippen MR) is 148 cm³/mol. The molecule has 1 heteroatoms. The highest BCUT2D eigenvalue weighted by molar-refractivity contribution is 5.65. The summed E-state index contributed by atoms with van der Waals surface area (Å²) in [6.45, 7) is 10.9. The van der Waals surface area contributed by atoms with E-state index < -0.39 is 0 Å². The average molecular weight is 458 g/mol. The lowest BCUT2D eigenvalue weighted by Crippen LogP contribution is -2.39. The van der Waals surface area contributed by atoms with Crippen LogP contribution in [-0.4, -0.2) is 13.1 Å². The fraction of sp³-hybridized carbons (Fsp3) is 0.636. The van der Waals surface area contributed by atoms with E-state index in [2.05, 4.69) is 62.2 Å². The molecule has 1 N–H and O–H groups in total. The third-order valence-electron chi connectivity index (χ3n) is 9.97. The van der Waals surface area contributed by atoms with Crippen molar-refractivity contribution < 1.29 is 0 Å². The monoisotopic (exact) mass is 457 g/mol. The molecule has 1 aliphatic heterocycles. The fourth-order valence-corrected chi connectivity index (χ4v) is 8.10. The van der Waals surface area contributed by atoms with Crippen molar-refractivity contribution in [2.75, 3.05) is 13.1 Å². The zero-order valence-corrected chi connectivity index (χ0v) is 21.8. The summed E-state index contributed by atoms with van der Waals surface area (Å²) >= 11 is 0. The van der Waals surface area contributed by atoms with Crippen LogP contribution in [0.2, 0.25) is 0 Å². The molecule has 0 amide bonds. The van der Waals surface area contributed by atoms with Gasteiger partial charge >= 0.3 is 0 Å². The molecule has 6 atom stereocenters. The van der Waals surface area contributed by atoms with Crippen LogP contribution in [0.25, 0.3) is 12.2 Å². The first-order valence-electron chi connectivity index (χ1n) is 14.5. The van der Waals surface area contributed by atoms with Crippen molar-refractivity contribution >= 4 is 12.2 Å². The molecule has 184 valence electrons. The van der Waals surface area contributed by atoms with Crippen LogP contribution in [0.3, 0.4) is 0 Å². The molecule has 0 radical (unpaired) electrons. The zero-order chi connectivity index (χ0) is 23.5. The Labute approximate surface area is 209 Å². The van der Waals surface area contributed by atoms with Crippen LogP contribution >= 0.6 is 0 Å². The molecule has 0 bridgehead atoms. The van der Waals surface area contributed by atoms with Crippen LogP contribution in [0.4, 0.5) is 0 Å². The Kier molecular flexibility index (Phi) is 7.79. The highest BCUT2D eigenvalue weighted by atomic mass is 14.9. The second-order valence-corrected chi connectivity index (χ2v) is 12.0. The molecule has 6 unspecified atom stereocenters. The number of fused-ring (bicyclic) bond motifs is 4. The van der Waals surface area contributed by atoms with Crippen molar-refractivity contribution in [2.24, 2.45) is 35.5 Å². The van der Waals surface area contributed by atoms with E-state index >= 15 is 0 Å². The quantitative estimate of drug-likeness (QED) is 0.448. The summed E-state index contributed by atoms with van der Waals surface area (Å²) in [7, 11) is 0. The minimum atomic E-state index is 0.775. The molecule has 3 saturated carbocycles. The van der Waals surface area contributed by atoms with E-state index in [0.29, 0.717) is 0 Å². The van der Waals surface area contributed by atoms with E-state index in [1.165, 1.54) is 88.4 Å². The van der Waals surface area contributed by atoms with Crippen molar-refractivity contribution in [1.82, 2.24) is 5.32 Å². The highest BCUT2D eigenvalue weighted by Gasteiger charge is 2.46. The first-order chi connectivity index (χ1) is 16.7. The van der Waals surface area contributed by atoms with Gasteiger partial charge < -0.3 is 5.32 Å². The summed E-state index contributed by atoms with van der Waals surface area (Å²) in [4.78, 5) is 0. The summed E-state index contributed by atoms with van der Waals surface area (Å²) in [5, 5.41) is 3.16. The topological polar surface area (TPSA) is 12.0 Å². The van der Waals surface area contributed by atoms with Crippen LogP contribution in [0.15, 0.2) is 42.5 Å². The normalized spacial score (nSPS) is 35.1. The van der Waals surface area contributed by atoms with Gasteiger partial charge in [-0.2, -0.15) is 0 Å². The van der Waals surface area contributed by atoms with E-state index in [4.69, 9.17) is 0 Å². The summed E-state index contributed by atoms with van der Waals surface area (Å²) in [6, 6.07) is 7.20. The van der Waals surface area contributed by atoms with Crippen molar-refractivity contribution in [1.29, 1.82) is 0 Å². The lowest BCUT2D eigenvalue weighted by molar-refractivity contribution is 0.121. The SMILES string of the molecule is C=Cc1cc(C2CCC3C4CCC5CCCCC5=CC4CCC23)ccc1/C=C\C.CC1CNC1. The highest BCUT2D eigenvalue weighted by Crippen LogP contribution is 2.57. The van der Waals surface area contributed by atoms with E-state index in [1.54, 1.807) is 5.56 Å². The van der Waals surface area contributed by atoms with Crippen LogP contribution in [-0.2, 0) is 0 Å². The fourth-order valence-electron chi connectivity index (χ4n) is 8.10. The van der Waals surface area contributed by atoms with Crippen molar-refractivity contribution in [3.05, 3.63) is 59.2 Å². The van der Waals surface area contributed by atoms with Crippen molar-refractivity contribution in [2.45, 2.75) is 84.0 Å². The summed E-state index contributed by atoms with van der Waals surface area (Å²) in [6.07, 6.45) is 23.8. The van der Waals surface area contributed by atoms with Gasteiger partial charge in [0.1, 0.15) is 0 Å². The molecular formula is C33H47N. The summed E-state index contributed by atoms with van der Waals surface area (Å²) in [5.41, 5.74) is 6.07. The molecule has 0 aromatic heterocycles. The molecule has 1 nitrogen and oxygen atoms in total. The molecule has 1 aromatic rings. The maximum Gasteiger partial charge on any atom is -0.00109 e. The Morgan fingerprint density at radius 3 is 2.41 bits per heavy atom. The largest absolute Gasteiger partial charge is 0.316 e. The van der Waals surface area contributed by atoms with Gasteiger partial charge in [0.2, 0.25) is 0 Å². The van der Waals surface area contributed by atoms with Gasteiger partial charge in [0, 0.05) is 0 Å². The van der Waals surface area contributed by atoms with E-state index in [1.807, 2.05) is 11.6 Å². The van der Waals surface area contributed by atoms with Gasteiger partial charge in [-0.1, -0.05) is 68.0 Å². The molecule has 1 aromatic carbocycles. The van der Waals surface area contributed by atoms with Gasteiger partial charge in [0.25, 0.3) is 0 Å². The number of hydrogen-bond acceptors (Lipinski definition) is 1. The third-order valence-corrected chi connectivity index (χ3v) is 9.97. The number of nitrogens with one attached hydrogen (secondary N) is 1. The minimum Gasteiger partial charge on any atom is -0.316 e. The van der Waals surface area contributed by atoms with Crippen molar-refractivity contribution in [3.8, 4) is 0 Å². The second kappa shape index (κ2) is 11.0. The van der Waals surface area contributed by atoms with Gasteiger partial charge in [-0.15, -0.1) is 0 Å². The van der Waals surface area contributed by atoms with Gasteiger partial charge in [0.15, 0.2) is 0 Å². The molecule has 1 heterocycles. The minimum absolute atomic E-state index is 0.775. The van der Waals surface area contributed by atoms with Gasteiger partial charge in [-0.05, 0) is 136 Å². The predicted octanol–water partition coefficient (Wildman–Crippen LogP) is 8.63. The van der Waals surface area contributed by atoms with E-state index in [9.17, 15) is 0 Å². The molecule has 34 heavy (non-hydrogen) atoms. The number of benzene rings is 1. The maximum absolute atomic E-state index is 4.08. The smallest absolute Gasteiger partial charge is 0.00109 e. The molecule has 4 aliphatic carbocycles. The zero-order valence-electron chi connectivity index (χ0n) is 21.8. The standard InChI is InChI=1S/C29H38.C4H9N/c1-3-7-21-10-11-24(18-20(21)4-2)27-16-17-29-26-14-12-22-8-5-6-9-23(22)19-25(26)13-15-28(27)29;1-4-2-5-3-4/h3-4,7,10-11,18-19,22,25-29H,2,5-6,8-9,12-17H2,1H3;4-5H,2-3H2,1H3/b7-3-;. The Balaban J connectivity index is 0.000000429. The Bertz CT molecular complexity index is 903. The lowest BCUT2D eigenvalue weighted by Gasteiger charge is -2.40. The number of rotatable bonds is 3. The van der Waals surface area contributed by atoms with Gasteiger partial charge in [-0.25, -0.2) is 0 Å². The molecular weight excluding hydrogens is 410 g/mol. The Hall–Kier alpha value is -1.60. The molecule has 4 fully saturated rings. The Morgan fingerprint density at radius 1 is 0.882 bits per heavy atom.